The molecule has 2 aromatic rings. The molecule has 1 atom stereocenters. The minimum absolute atomic E-state index is 0.155. The van der Waals surface area contributed by atoms with Gasteiger partial charge in [-0.05, 0) is 48.2 Å². The number of hydrogen-bond donors (Lipinski definition) is 1. The first-order valence-electron chi connectivity index (χ1n) is 6.46. The Kier molecular flexibility index (Phi) is 3.11. The van der Waals surface area contributed by atoms with E-state index in [0.717, 1.165) is 18.6 Å². The summed E-state index contributed by atoms with van der Waals surface area (Å²) in [6.45, 7) is 0. The minimum atomic E-state index is -0.209. The van der Waals surface area contributed by atoms with E-state index >= 15 is 0 Å². The van der Waals surface area contributed by atoms with E-state index in [1.165, 1.54) is 17.2 Å². The van der Waals surface area contributed by atoms with Crippen LogP contribution in [0.25, 0.3) is 0 Å². The molecule has 98 valence electrons. The van der Waals surface area contributed by atoms with Crippen LogP contribution in [-0.2, 0) is 6.42 Å². The third-order valence-corrected chi connectivity index (χ3v) is 3.63. The van der Waals surface area contributed by atoms with Crippen molar-refractivity contribution in [1.29, 1.82) is 0 Å². The molecule has 0 bridgehead atoms. The van der Waals surface area contributed by atoms with Crippen LogP contribution >= 0.6 is 0 Å². The maximum absolute atomic E-state index is 13.7. The second-order valence-electron chi connectivity index (χ2n) is 4.78. The fourth-order valence-electron chi connectivity index (χ4n) is 2.62. The number of benzene rings is 2. The van der Waals surface area contributed by atoms with Gasteiger partial charge in [-0.3, -0.25) is 0 Å². The molecule has 0 amide bonds. The molecule has 0 aromatic heterocycles. The summed E-state index contributed by atoms with van der Waals surface area (Å²) in [6.07, 6.45) is 2.00. The monoisotopic (exact) mass is 257 g/mol. The lowest BCUT2D eigenvalue weighted by molar-refractivity contribution is 0.414. The van der Waals surface area contributed by atoms with Gasteiger partial charge in [0.15, 0.2) is 0 Å². The molecular weight excluding hydrogens is 241 g/mol. The highest BCUT2D eigenvalue weighted by Gasteiger charge is 2.23. The summed E-state index contributed by atoms with van der Waals surface area (Å²) in [6, 6.07) is 13.1. The molecule has 3 rings (SSSR count). The third-order valence-electron chi connectivity index (χ3n) is 3.63. The molecule has 0 fully saturated rings. The Bertz CT molecular complexity index is 597. The van der Waals surface area contributed by atoms with Crippen LogP contribution in [0.3, 0.4) is 0 Å². The average molecular weight is 257 g/mol. The van der Waals surface area contributed by atoms with Crippen molar-refractivity contribution in [3.63, 3.8) is 0 Å². The zero-order chi connectivity index (χ0) is 13.2. The maximum Gasteiger partial charge on any atom is 0.146 e. The fraction of sp³-hybridized carbons (Fsp3) is 0.250. The topological polar surface area (TPSA) is 21.3 Å². The molecular formula is C16H16FNO. The molecule has 0 saturated carbocycles. The van der Waals surface area contributed by atoms with Crippen molar-refractivity contribution in [2.75, 3.05) is 12.4 Å². The van der Waals surface area contributed by atoms with Crippen LogP contribution < -0.4 is 10.1 Å². The number of anilines is 1. The van der Waals surface area contributed by atoms with Gasteiger partial charge < -0.3 is 10.1 Å². The Morgan fingerprint density at radius 1 is 1.21 bits per heavy atom. The lowest BCUT2D eigenvalue weighted by atomic mass is 10.1. The molecule has 1 aliphatic carbocycles. The van der Waals surface area contributed by atoms with Gasteiger partial charge in [0.05, 0.1) is 18.8 Å². The van der Waals surface area contributed by atoms with Crippen molar-refractivity contribution in [1.82, 2.24) is 0 Å². The van der Waals surface area contributed by atoms with Crippen LogP contribution in [0, 0.1) is 5.82 Å². The van der Waals surface area contributed by atoms with E-state index < -0.39 is 0 Å². The fourth-order valence-corrected chi connectivity index (χ4v) is 2.62. The number of fused-ring (bicyclic) bond motifs is 1. The van der Waals surface area contributed by atoms with E-state index in [1.54, 1.807) is 19.2 Å². The lowest BCUT2D eigenvalue weighted by Crippen LogP contribution is -2.08. The molecule has 0 spiro atoms. The summed E-state index contributed by atoms with van der Waals surface area (Å²) in [5, 5.41) is 3.29. The van der Waals surface area contributed by atoms with Crippen LogP contribution in [0.5, 0.6) is 5.75 Å². The van der Waals surface area contributed by atoms with E-state index in [4.69, 9.17) is 4.74 Å². The van der Waals surface area contributed by atoms with Gasteiger partial charge in [0.2, 0.25) is 0 Å². The summed E-state index contributed by atoms with van der Waals surface area (Å²) in [5.41, 5.74) is 3.08. The largest absolute Gasteiger partial charge is 0.497 e. The molecule has 1 aliphatic rings. The van der Waals surface area contributed by atoms with Gasteiger partial charge in [-0.2, -0.15) is 0 Å². The Hall–Kier alpha value is -2.03. The first-order chi connectivity index (χ1) is 9.28. The predicted molar refractivity (Wildman–Crippen MR) is 74.1 cm³/mol. The van der Waals surface area contributed by atoms with Crippen molar-refractivity contribution in [3.05, 3.63) is 59.4 Å². The molecule has 3 heteroatoms. The smallest absolute Gasteiger partial charge is 0.146 e. The first-order valence-corrected chi connectivity index (χ1v) is 6.46. The van der Waals surface area contributed by atoms with E-state index in [0.29, 0.717) is 5.69 Å². The molecule has 0 heterocycles. The molecule has 2 aromatic carbocycles. The highest BCUT2D eigenvalue weighted by Crippen LogP contribution is 2.36. The van der Waals surface area contributed by atoms with Crippen LogP contribution in [0.1, 0.15) is 23.6 Å². The van der Waals surface area contributed by atoms with E-state index in [-0.39, 0.29) is 11.9 Å². The lowest BCUT2D eigenvalue weighted by Gasteiger charge is -2.16. The van der Waals surface area contributed by atoms with Crippen LogP contribution in [0.4, 0.5) is 10.1 Å². The van der Waals surface area contributed by atoms with Gasteiger partial charge in [0, 0.05) is 0 Å². The molecule has 1 unspecified atom stereocenters. The van der Waals surface area contributed by atoms with Gasteiger partial charge in [0.25, 0.3) is 0 Å². The summed E-state index contributed by atoms with van der Waals surface area (Å²) >= 11 is 0. The number of aryl methyl sites for hydroxylation is 1. The van der Waals surface area contributed by atoms with Crippen molar-refractivity contribution >= 4 is 5.69 Å². The number of methoxy groups -OCH3 is 1. The molecule has 2 nitrogen and oxygen atoms in total. The molecule has 0 aliphatic heterocycles. The van der Waals surface area contributed by atoms with Gasteiger partial charge >= 0.3 is 0 Å². The quantitative estimate of drug-likeness (QED) is 0.899. The van der Waals surface area contributed by atoms with E-state index in [2.05, 4.69) is 11.4 Å². The van der Waals surface area contributed by atoms with Gasteiger partial charge in [-0.25, -0.2) is 4.39 Å². The van der Waals surface area contributed by atoms with Crippen LogP contribution in [0.2, 0.25) is 0 Å². The van der Waals surface area contributed by atoms with Crippen molar-refractivity contribution in [3.8, 4) is 5.75 Å². The SMILES string of the molecule is COc1ccc2c(c1)C(Nc1ccccc1F)CC2. The second kappa shape index (κ2) is 4.92. The normalized spacial score (nSPS) is 17.1. The maximum atomic E-state index is 13.7. The van der Waals surface area contributed by atoms with Crippen molar-refractivity contribution in [2.45, 2.75) is 18.9 Å². The average Bonchev–Trinajstić information content (AvgIpc) is 2.84. The standard InChI is InChI=1S/C16H16FNO/c1-19-12-8-6-11-7-9-15(13(11)10-12)18-16-5-3-2-4-14(16)17/h2-6,8,10,15,18H,7,9H2,1H3. The van der Waals surface area contributed by atoms with Gasteiger partial charge in [0.1, 0.15) is 11.6 Å². The number of ether oxygens (including phenoxy) is 1. The number of rotatable bonds is 3. The van der Waals surface area contributed by atoms with E-state index in [9.17, 15) is 4.39 Å². The Labute approximate surface area is 112 Å². The summed E-state index contributed by atoms with van der Waals surface area (Å²) in [4.78, 5) is 0. The zero-order valence-corrected chi connectivity index (χ0v) is 10.8. The number of hydrogen-bond acceptors (Lipinski definition) is 2. The Morgan fingerprint density at radius 2 is 2.05 bits per heavy atom. The third kappa shape index (κ3) is 2.28. The predicted octanol–water partition coefficient (Wildman–Crippen LogP) is 3.93. The highest BCUT2D eigenvalue weighted by atomic mass is 19.1. The molecule has 19 heavy (non-hydrogen) atoms. The van der Waals surface area contributed by atoms with Crippen molar-refractivity contribution in [2.24, 2.45) is 0 Å². The molecule has 0 radical (unpaired) electrons. The molecule has 0 saturated heterocycles. The summed E-state index contributed by atoms with van der Waals surface area (Å²) in [5.74, 6) is 0.639. The number of para-hydroxylation sites is 1. The number of halogens is 1. The minimum Gasteiger partial charge on any atom is -0.497 e. The zero-order valence-electron chi connectivity index (χ0n) is 10.8. The molecule has 1 N–H and O–H groups in total. The Balaban J connectivity index is 1.88. The summed E-state index contributed by atoms with van der Waals surface area (Å²) < 4.78 is 18.9. The number of nitrogens with one attached hydrogen (secondary N) is 1. The highest BCUT2D eigenvalue weighted by molar-refractivity contribution is 5.50. The van der Waals surface area contributed by atoms with Crippen LogP contribution in [0.15, 0.2) is 42.5 Å². The first kappa shape index (κ1) is 12.0. The van der Waals surface area contributed by atoms with Gasteiger partial charge in [-0.15, -0.1) is 0 Å². The Morgan fingerprint density at radius 3 is 2.84 bits per heavy atom. The van der Waals surface area contributed by atoms with E-state index in [1.807, 2.05) is 18.2 Å². The summed E-state index contributed by atoms with van der Waals surface area (Å²) in [7, 11) is 1.66. The van der Waals surface area contributed by atoms with Gasteiger partial charge in [-0.1, -0.05) is 18.2 Å². The van der Waals surface area contributed by atoms with Crippen molar-refractivity contribution < 1.29 is 9.13 Å². The second-order valence-corrected chi connectivity index (χ2v) is 4.78. The van der Waals surface area contributed by atoms with Crippen LogP contribution in [-0.4, -0.2) is 7.11 Å².